The van der Waals surface area contributed by atoms with E-state index in [0.717, 1.165) is 28.2 Å². The summed E-state index contributed by atoms with van der Waals surface area (Å²) in [4.78, 5) is 9.38. The van der Waals surface area contributed by atoms with Crippen molar-refractivity contribution < 1.29 is 0 Å². The van der Waals surface area contributed by atoms with Gasteiger partial charge in [-0.05, 0) is 32.0 Å². The minimum atomic E-state index is 0.438. The molecule has 5 heteroatoms. The Morgan fingerprint density at radius 3 is 2.65 bits per heavy atom. The van der Waals surface area contributed by atoms with Crippen molar-refractivity contribution in [3.05, 3.63) is 64.7 Å². The number of hydrogen-bond acceptors (Lipinski definition) is 4. The van der Waals surface area contributed by atoms with E-state index < -0.39 is 0 Å². The van der Waals surface area contributed by atoms with Gasteiger partial charge in [-0.15, -0.1) is 0 Å². The Hall–Kier alpha value is -2.46. The Morgan fingerprint density at radius 1 is 1.13 bits per heavy atom. The van der Waals surface area contributed by atoms with Crippen LogP contribution in [0.3, 0.4) is 0 Å². The van der Waals surface area contributed by atoms with Crippen molar-refractivity contribution >= 4 is 34.5 Å². The maximum Gasteiger partial charge on any atom is 0.144 e. The quantitative estimate of drug-likeness (QED) is 0.653. The third kappa shape index (κ3) is 3.66. The lowest BCUT2D eigenvalue weighted by Gasteiger charge is -2.08. The van der Waals surface area contributed by atoms with Gasteiger partial charge in [-0.2, -0.15) is 5.10 Å². The number of fused-ring (bicyclic) bond motifs is 1. The minimum absolute atomic E-state index is 0.438. The molecular formula is C18H17ClN4. The van der Waals surface area contributed by atoms with Gasteiger partial charge in [0.05, 0.1) is 17.9 Å². The molecule has 0 bridgehead atoms. The molecule has 2 aromatic carbocycles. The van der Waals surface area contributed by atoms with E-state index in [2.05, 4.69) is 15.5 Å². The Kier molecular flexibility index (Phi) is 4.53. The maximum atomic E-state index is 6.18. The SMILES string of the molecule is CC(C)=NNC1=Nc2ccc(Cl)cc2C(c2ccccc2)=NC1. The third-order valence-electron chi connectivity index (χ3n) is 3.31. The highest BCUT2D eigenvalue weighted by molar-refractivity contribution is 6.31. The van der Waals surface area contributed by atoms with Crippen molar-refractivity contribution in [3.8, 4) is 0 Å². The summed E-state index contributed by atoms with van der Waals surface area (Å²) >= 11 is 6.18. The number of amidine groups is 1. The lowest BCUT2D eigenvalue weighted by atomic mass is 10.0. The van der Waals surface area contributed by atoms with Gasteiger partial charge in [0.25, 0.3) is 0 Å². The summed E-state index contributed by atoms with van der Waals surface area (Å²) in [5, 5.41) is 4.89. The van der Waals surface area contributed by atoms with Gasteiger partial charge >= 0.3 is 0 Å². The number of halogens is 1. The van der Waals surface area contributed by atoms with Crippen LogP contribution in [0.15, 0.2) is 63.6 Å². The molecule has 0 saturated carbocycles. The van der Waals surface area contributed by atoms with Crippen molar-refractivity contribution in [3.63, 3.8) is 0 Å². The molecule has 0 aromatic heterocycles. The van der Waals surface area contributed by atoms with Crippen molar-refractivity contribution in [1.82, 2.24) is 5.43 Å². The van der Waals surface area contributed by atoms with E-state index in [9.17, 15) is 0 Å². The number of benzene rings is 2. The Bertz CT molecular complexity index is 803. The molecule has 0 radical (unpaired) electrons. The minimum Gasteiger partial charge on any atom is -0.276 e. The molecular weight excluding hydrogens is 308 g/mol. The second-order valence-electron chi connectivity index (χ2n) is 5.42. The first-order valence-corrected chi connectivity index (χ1v) is 7.75. The van der Waals surface area contributed by atoms with Crippen LogP contribution < -0.4 is 5.43 Å². The van der Waals surface area contributed by atoms with Crippen LogP contribution in [0.1, 0.15) is 25.0 Å². The number of nitrogens with one attached hydrogen (secondary N) is 1. The monoisotopic (exact) mass is 324 g/mol. The average molecular weight is 325 g/mol. The van der Waals surface area contributed by atoms with E-state index in [1.165, 1.54) is 0 Å². The second kappa shape index (κ2) is 6.75. The molecule has 0 unspecified atom stereocenters. The fourth-order valence-corrected chi connectivity index (χ4v) is 2.47. The molecule has 1 aliphatic rings. The van der Waals surface area contributed by atoms with E-state index in [0.29, 0.717) is 17.4 Å². The van der Waals surface area contributed by atoms with Crippen LogP contribution >= 0.6 is 11.6 Å². The average Bonchev–Trinajstić information content (AvgIpc) is 2.73. The topological polar surface area (TPSA) is 49.1 Å². The van der Waals surface area contributed by atoms with Crippen LogP contribution in [0.4, 0.5) is 5.69 Å². The summed E-state index contributed by atoms with van der Waals surface area (Å²) in [6.07, 6.45) is 0. The van der Waals surface area contributed by atoms with E-state index in [1.807, 2.05) is 62.4 Å². The van der Waals surface area contributed by atoms with E-state index >= 15 is 0 Å². The molecule has 1 heterocycles. The first-order chi connectivity index (χ1) is 11.1. The highest BCUT2D eigenvalue weighted by Gasteiger charge is 2.16. The largest absolute Gasteiger partial charge is 0.276 e. The standard InChI is InChI=1S/C18H17ClN4/c1-12(2)22-23-17-11-20-18(13-6-4-3-5-7-13)15-10-14(19)8-9-16(15)21-17/h3-10H,11H2,1-2H3,(H,21,23). The fraction of sp³-hybridized carbons (Fsp3) is 0.167. The van der Waals surface area contributed by atoms with Gasteiger partial charge in [0.2, 0.25) is 0 Å². The molecule has 0 amide bonds. The van der Waals surface area contributed by atoms with Gasteiger partial charge in [0.1, 0.15) is 5.84 Å². The van der Waals surface area contributed by atoms with Crippen LogP contribution in [0.25, 0.3) is 0 Å². The van der Waals surface area contributed by atoms with Crippen molar-refractivity contribution in [2.24, 2.45) is 15.1 Å². The van der Waals surface area contributed by atoms with Crippen LogP contribution in [-0.4, -0.2) is 23.8 Å². The van der Waals surface area contributed by atoms with Crippen molar-refractivity contribution in [1.29, 1.82) is 0 Å². The normalized spacial score (nSPS) is 13.3. The highest BCUT2D eigenvalue weighted by Crippen LogP contribution is 2.28. The molecule has 2 aromatic rings. The van der Waals surface area contributed by atoms with Crippen molar-refractivity contribution in [2.45, 2.75) is 13.8 Å². The first kappa shape index (κ1) is 15.4. The lowest BCUT2D eigenvalue weighted by molar-refractivity contribution is 0.987. The summed E-state index contributed by atoms with van der Waals surface area (Å²) in [6.45, 7) is 4.29. The Balaban J connectivity index is 2.08. The van der Waals surface area contributed by atoms with Gasteiger partial charge in [0, 0.05) is 21.9 Å². The van der Waals surface area contributed by atoms with E-state index in [4.69, 9.17) is 16.6 Å². The predicted octanol–water partition coefficient (Wildman–Crippen LogP) is 4.21. The van der Waals surface area contributed by atoms with Gasteiger partial charge < -0.3 is 0 Å². The fourth-order valence-electron chi connectivity index (χ4n) is 2.29. The molecule has 4 nitrogen and oxygen atoms in total. The molecule has 0 atom stereocenters. The van der Waals surface area contributed by atoms with Crippen LogP contribution in [-0.2, 0) is 0 Å². The number of aliphatic imine (C=N–C) groups is 2. The summed E-state index contributed by atoms with van der Waals surface area (Å²) in [7, 11) is 0. The smallest absolute Gasteiger partial charge is 0.144 e. The molecule has 3 rings (SSSR count). The van der Waals surface area contributed by atoms with E-state index in [1.54, 1.807) is 0 Å². The van der Waals surface area contributed by atoms with Gasteiger partial charge in [0.15, 0.2) is 0 Å². The Morgan fingerprint density at radius 2 is 1.91 bits per heavy atom. The highest BCUT2D eigenvalue weighted by atomic mass is 35.5. The number of hydrogen-bond donors (Lipinski definition) is 1. The Labute approximate surface area is 140 Å². The molecule has 116 valence electrons. The molecule has 23 heavy (non-hydrogen) atoms. The number of nitrogens with zero attached hydrogens (tertiary/aromatic N) is 3. The summed E-state index contributed by atoms with van der Waals surface area (Å²) in [5.41, 5.74) is 7.61. The van der Waals surface area contributed by atoms with Crippen molar-refractivity contribution in [2.75, 3.05) is 6.54 Å². The molecule has 1 N–H and O–H groups in total. The molecule has 0 spiro atoms. The second-order valence-corrected chi connectivity index (χ2v) is 5.86. The third-order valence-corrected chi connectivity index (χ3v) is 3.55. The van der Waals surface area contributed by atoms with Crippen LogP contribution in [0, 0.1) is 0 Å². The summed E-state index contributed by atoms with van der Waals surface area (Å²) in [5.74, 6) is 0.709. The zero-order chi connectivity index (χ0) is 16.2. The molecule has 0 saturated heterocycles. The van der Waals surface area contributed by atoms with Gasteiger partial charge in [-0.3, -0.25) is 10.4 Å². The van der Waals surface area contributed by atoms with Gasteiger partial charge in [-0.1, -0.05) is 41.9 Å². The predicted molar refractivity (Wildman–Crippen MR) is 97.4 cm³/mol. The zero-order valence-electron chi connectivity index (χ0n) is 13.0. The van der Waals surface area contributed by atoms with Gasteiger partial charge in [-0.25, -0.2) is 4.99 Å². The number of rotatable bonds is 2. The first-order valence-electron chi connectivity index (χ1n) is 7.38. The zero-order valence-corrected chi connectivity index (χ0v) is 13.8. The lowest BCUT2D eigenvalue weighted by Crippen LogP contribution is -2.21. The molecule has 0 fully saturated rings. The number of hydrazone groups is 1. The maximum absolute atomic E-state index is 6.18. The summed E-state index contributed by atoms with van der Waals surface area (Å²) in [6, 6.07) is 15.7. The van der Waals surface area contributed by atoms with Crippen LogP contribution in [0.2, 0.25) is 5.02 Å². The van der Waals surface area contributed by atoms with Crippen LogP contribution in [0.5, 0.6) is 0 Å². The van der Waals surface area contributed by atoms with E-state index in [-0.39, 0.29) is 0 Å². The summed E-state index contributed by atoms with van der Waals surface area (Å²) < 4.78 is 0. The molecule has 1 aliphatic heterocycles. The molecule has 0 aliphatic carbocycles.